The number of likely N-dealkylation sites (N-methyl/N-ethyl adjacent to an activating group) is 1. The van der Waals surface area contributed by atoms with Crippen LogP contribution >= 0.6 is 0 Å². The lowest BCUT2D eigenvalue weighted by Crippen LogP contribution is -2.34. The highest BCUT2D eigenvalue weighted by Gasteiger charge is 2.05. The van der Waals surface area contributed by atoms with Gasteiger partial charge in [0.2, 0.25) is 0 Å². The maximum atomic E-state index is 5.83. The van der Waals surface area contributed by atoms with E-state index >= 15 is 0 Å². The Bertz CT molecular complexity index is 237. The molecule has 13 heavy (non-hydrogen) atoms. The molecule has 0 aliphatic heterocycles. The standard InChI is InChI=1S/C9H16N4/c1-3-8(10)6-13(2)9-4-11-7-12-5-9/h4-5,7-8H,3,6,10H2,1-2H3. The molecule has 0 fully saturated rings. The van der Waals surface area contributed by atoms with Crippen LogP contribution < -0.4 is 10.6 Å². The maximum Gasteiger partial charge on any atom is 0.115 e. The maximum absolute atomic E-state index is 5.83. The van der Waals surface area contributed by atoms with Gasteiger partial charge in [-0.2, -0.15) is 0 Å². The molecule has 0 saturated heterocycles. The second-order valence-electron chi connectivity index (χ2n) is 3.15. The first-order valence-electron chi connectivity index (χ1n) is 4.45. The average molecular weight is 180 g/mol. The van der Waals surface area contributed by atoms with E-state index in [-0.39, 0.29) is 6.04 Å². The van der Waals surface area contributed by atoms with Gasteiger partial charge in [0.25, 0.3) is 0 Å². The van der Waals surface area contributed by atoms with Gasteiger partial charge in [0.1, 0.15) is 6.33 Å². The van der Waals surface area contributed by atoms with E-state index in [9.17, 15) is 0 Å². The third-order valence-corrected chi connectivity index (χ3v) is 2.02. The first-order valence-corrected chi connectivity index (χ1v) is 4.45. The smallest absolute Gasteiger partial charge is 0.115 e. The average Bonchev–Trinajstić information content (AvgIpc) is 2.19. The lowest BCUT2D eigenvalue weighted by atomic mass is 10.2. The molecule has 1 unspecified atom stereocenters. The van der Waals surface area contributed by atoms with Crippen LogP contribution in [0.4, 0.5) is 5.69 Å². The highest BCUT2D eigenvalue weighted by atomic mass is 15.1. The van der Waals surface area contributed by atoms with E-state index in [1.807, 2.05) is 7.05 Å². The zero-order chi connectivity index (χ0) is 9.68. The van der Waals surface area contributed by atoms with Crippen molar-refractivity contribution < 1.29 is 0 Å². The van der Waals surface area contributed by atoms with Crippen molar-refractivity contribution in [2.45, 2.75) is 19.4 Å². The summed E-state index contributed by atoms with van der Waals surface area (Å²) in [6.45, 7) is 2.92. The third kappa shape index (κ3) is 2.99. The van der Waals surface area contributed by atoms with Crippen LogP contribution in [0, 0.1) is 0 Å². The zero-order valence-electron chi connectivity index (χ0n) is 8.14. The fourth-order valence-electron chi connectivity index (χ4n) is 1.07. The molecule has 4 heteroatoms. The topological polar surface area (TPSA) is 55.0 Å². The predicted molar refractivity (Wildman–Crippen MR) is 53.6 cm³/mol. The second kappa shape index (κ2) is 4.77. The minimum absolute atomic E-state index is 0.213. The van der Waals surface area contributed by atoms with Gasteiger partial charge in [-0.15, -0.1) is 0 Å². The molecule has 0 saturated carbocycles. The van der Waals surface area contributed by atoms with Crippen molar-refractivity contribution in [2.24, 2.45) is 5.73 Å². The van der Waals surface area contributed by atoms with Gasteiger partial charge in [-0.05, 0) is 6.42 Å². The first kappa shape index (κ1) is 9.92. The molecule has 0 aliphatic carbocycles. The Morgan fingerprint density at radius 1 is 1.46 bits per heavy atom. The molecule has 72 valence electrons. The van der Waals surface area contributed by atoms with Gasteiger partial charge in [-0.1, -0.05) is 6.92 Å². The van der Waals surface area contributed by atoms with Gasteiger partial charge in [0.15, 0.2) is 0 Å². The Hall–Kier alpha value is -1.16. The molecule has 0 amide bonds. The van der Waals surface area contributed by atoms with Crippen molar-refractivity contribution in [3.05, 3.63) is 18.7 Å². The molecule has 0 spiro atoms. The van der Waals surface area contributed by atoms with Crippen molar-refractivity contribution in [3.8, 4) is 0 Å². The van der Waals surface area contributed by atoms with Gasteiger partial charge >= 0.3 is 0 Å². The van der Waals surface area contributed by atoms with E-state index in [0.29, 0.717) is 0 Å². The number of aromatic nitrogens is 2. The fourth-order valence-corrected chi connectivity index (χ4v) is 1.07. The molecule has 4 nitrogen and oxygen atoms in total. The SMILES string of the molecule is CCC(N)CN(C)c1cncnc1. The monoisotopic (exact) mass is 180 g/mol. The molecule has 2 N–H and O–H groups in total. The molecule has 0 radical (unpaired) electrons. The van der Waals surface area contributed by atoms with Crippen LogP contribution in [0.3, 0.4) is 0 Å². The number of hydrogen-bond donors (Lipinski definition) is 1. The number of hydrogen-bond acceptors (Lipinski definition) is 4. The lowest BCUT2D eigenvalue weighted by Gasteiger charge is -2.21. The minimum Gasteiger partial charge on any atom is -0.371 e. The quantitative estimate of drug-likeness (QED) is 0.739. The van der Waals surface area contributed by atoms with Crippen LogP contribution in [-0.4, -0.2) is 29.6 Å². The van der Waals surface area contributed by atoms with Crippen molar-refractivity contribution in [1.82, 2.24) is 9.97 Å². The summed E-state index contributed by atoms with van der Waals surface area (Å²) in [5.41, 5.74) is 6.83. The van der Waals surface area contributed by atoms with Crippen molar-refractivity contribution in [2.75, 3.05) is 18.5 Å². The summed E-state index contributed by atoms with van der Waals surface area (Å²) in [5.74, 6) is 0. The van der Waals surface area contributed by atoms with E-state index in [2.05, 4.69) is 21.8 Å². The van der Waals surface area contributed by atoms with Gasteiger partial charge in [-0.3, -0.25) is 0 Å². The van der Waals surface area contributed by atoms with Gasteiger partial charge in [0.05, 0.1) is 18.1 Å². The Balaban J connectivity index is 2.53. The van der Waals surface area contributed by atoms with E-state index in [0.717, 1.165) is 18.7 Å². The Labute approximate surface area is 78.8 Å². The van der Waals surface area contributed by atoms with Gasteiger partial charge in [-0.25, -0.2) is 9.97 Å². The van der Waals surface area contributed by atoms with Crippen molar-refractivity contribution in [1.29, 1.82) is 0 Å². The molecule has 0 aliphatic rings. The summed E-state index contributed by atoms with van der Waals surface area (Å²) in [6.07, 6.45) is 6.08. The first-order chi connectivity index (χ1) is 6.24. The highest BCUT2D eigenvalue weighted by molar-refractivity contribution is 5.40. The van der Waals surface area contributed by atoms with E-state index in [1.54, 1.807) is 12.4 Å². The molecular weight excluding hydrogens is 164 g/mol. The van der Waals surface area contributed by atoms with E-state index in [4.69, 9.17) is 5.73 Å². The summed E-state index contributed by atoms with van der Waals surface area (Å²) in [6, 6.07) is 0.213. The Morgan fingerprint density at radius 2 is 2.08 bits per heavy atom. The molecule has 1 rings (SSSR count). The minimum atomic E-state index is 0.213. The third-order valence-electron chi connectivity index (χ3n) is 2.02. The Morgan fingerprint density at radius 3 is 2.62 bits per heavy atom. The summed E-state index contributed by atoms with van der Waals surface area (Å²) >= 11 is 0. The van der Waals surface area contributed by atoms with Gasteiger partial charge < -0.3 is 10.6 Å². The van der Waals surface area contributed by atoms with Crippen molar-refractivity contribution in [3.63, 3.8) is 0 Å². The molecule has 1 aromatic heterocycles. The highest BCUT2D eigenvalue weighted by Crippen LogP contribution is 2.07. The molecule has 1 atom stereocenters. The summed E-state index contributed by atoms with van der Waals surface area (Å²) in [4.78, 5) is 9.95. The van der Waals surface area contributed by atoms with Crippen LogP contribution in [0.25, 0.3) is 0 Å². The summed E-state index contributed by atoms with van der Waals surface area (Å²) in [5, 5.41) is 0. The van der Waals surface area contributed by atoms with Crippen molar-refractivity contribution >= 4 is 5.69 Å². The Kier molecular flexibility index (Phi) is 3.64. The zero-order valence-corrected chi connectivity index (χ0v) is 8.14. The number of nitrogens with two attached hydrogens (primary N) is 1. The van der Waals surface area contributed by atoms with E-state index in [1.165, 1.54) is 6.33 Å². The second-order valence-corrected chi connectivity index (χ2v) is 3.15. The molecular formula is C9H16N4. The number of nitrogens with zero attached hydrogens (tertiary/aromatic N) is 3. The number of anilines is 1. The fraction of sp³-hybridized carbons (Fsp3) is 0.556. The number of rotatable bonds is 4. The van der Waals surface area contributed by atoms with Gasteiger partial charge in [0, 0.05) is 19.6 Å². The lowest BCUT2D eigenvalue weighted by molar-refractivity contribution is 0.638. The van der Waals surface area contributed by atoms with Crippen LogP contribution in [0.5, 0.6) is 0 Å². The van der Waals surface area contributed by atoms with Crippen LogP contribution in [-0.2, 0) is 0 Å². The summed E-state index contributed by atoms with van der Waals surface area (Å²) < 4.78 is 0. The molecule has 1 heterocycles. The van der Waals surface area contributed by atoms with Crippen LogP contribution in [0.2, 0.25) is 0 Å². The molecule has 0 aromatic carbocycles. The van der Waals surface area contributed by atoms with Crippen LogP contribution in [0.1, 0.15) is 13.3 Å². The largest absolute Gasteiger partial charge is 0.371 e. The molecule has 0 bridgehead atoms. The summed E-state index contributed by atoms with van der Waals surface area (Å²) in [7, 11) is 1.99. The van der Waals surface area contributed by atoms with E-state index < -0.39 is 0 Å². The molecule has 1 aromatic rings. The van der Waals surface area contributed by atoms with Crippen LogP contribution in [0.15, 0.2) is 18.7 Å². The predicted octanol–water partition coefficient (Wildman–Crippen LogP) is 0.650. The normalized spacial score (nSPS) is 12.5.